The fourth-order valence-electron chi connectivity index (χ4n) is 3.67. The number of nitrogen functional groups attached to an aromatic ring is 1. The van der Waals surface area contributed by atoms with E-state index in [9.17, 15) is 0 Å². The van der Waals surface area contributed by atoms with Crippen molar-refractivity contribution >= 4 is 16.7 Å². The third kappa shape index (κ3) is 3.60. The Morgan fingerprint density at radius 1 is 1.10 bits per heavy atom. The first kappa shape index (κ1) is 18.8. The lowest BCUT2D eigenvalue weighted by Gasteiger charge is -2.10. The van der Waals surface area contributed by atoms with Crippen LogP contribution in [0.5, 0.6) is 5.75 Å². The maximum Gasteiger partial charge on any atom is 0.143 e. The monoisotopic (exact) mass is 411 g/mol. The van der Waals surface area contributed by atoms with Gasteiger partial charge in [0.1, 0.15) is 11.4 Å². The Bertz CT molecular complexity index is 1340. The third-order valence-electron chi connectivity index (χ3n) is 5.23. The molecule has 0 bridgehead atoms. The van der Waals surface area contributed by atoms with Gasteiger partial charge in [0.05, 0.1) is 25.5 Å². The molecule has 1 aromatic carbocycles. The van der Waals surface area contributed by atoms with E-state index in [4.69, 9.17) is 10.6 Å². The van der Waals surface area contributed by atoms with Crippen LogP contribution in [0.2, 0.25) is 0 Å². The molecule has 4 aromatic heterocycles. The van der Waals surface area contributed by atoms with Crippen molar-refractivity contribution in [3.8, 4) is 28.0 Å². The smallest absolute Gasteiger partial charge is 0.143 e. The van der Waals surface area contributed by atoms with Crippen molar-refractivity contribution in [1.29, 1.82) is 0 Å². The molecule has 8 heteroatoms. The van der Waals surface area contributed by atoms with Crippen molar-refractivity contribution in [2.24, 2.45) is 5.84 Å². The van der Waals surface area contributed by atoms with Gasteiger partial charge in [-0.1, -0.05) is 12.1 Å². The number of fused-ring (bicyclic) bond motifs is 1. The predicted octanol–water partition coefficient (Wildman–Crippen LogP) is 3.83. The molecule has 4 heterocycles. The lowest BCUT2D eigenvalue weighted by atomic mass is 10.0. The number of nitrogens with two attached hydrogens (primary N) is 1. The zero-order chi connectivity index (χ0) is 21.2. The quantitative estimate of drug-likeness (QED) is 0.290. The summed E-state index contributed by atoms with van der Waals surface area (Å²) in [6.07, 6.45) is 11.3. The highest BCUT2D eigenvalue weighted by Crippen LogP contribution is 2.33. The number of nitrogens with one attached hydrogen (secondary N) is 2. The van der Waals surface area contributed by atoms with Gasteiger partial charge in [0.2, 0.25) is 0 Å². The normalized spacial score (nSPS) is 11.0. The summed E-state index contributed by atoms with van der Waals surface area (Å²) in [4.78, 5) is 12.0. The van der Waals surface area contributed by atoms with Crippen LogP contribution in [0, 0.1) is 0 Å². The maximum atomic E-state index is 5.64. The number of benzene rings is 1. The number of anilines is 1. The van der Waals surface area contributed by atoms with E-state index >= 15 is 0 Å². The Morgan fingerprint density at radius 3 is 2.84 bits per heavy atom. The minimum absolute atomic E-state index is 0.667. The number of pyridine rings is 2. The van der Waals surface area contributed by atoms with Crippen molar-refractivity contribution in [1.82, 2.24) is 24.7 Å². The molecule has 31 heavy (non-hydrogen) atoms. The summed E-state index contributed by atoms with van der Waals surface area (Å²) in [5.74, 6) is 6.32. The summed E-state index contributed by atoms with van der Waals surface area (Å²) >= 11 is 0. The Morgan fingerprint density at radius 2 is 2.03 bits per heavy atom. The van der Waals surface area contributed by atoms with E-state index in [1.54, 1.807) is 13.3 Å². The van der Waals surface area contributed by atoms with Crippen LogP contribution in [0.25, 0.3) is 33.3 Å². The van der Waals surface area contributed by atoms with Crippen LogP contribution >= 0.6 is 0 Å². The highest BCUT2D eigenvalue weighted by atomic mass is 16.5. The summed E-state index contributed by atoms with van der Waals surface area (Å²) in [6, 6.07) is 11.9. The number of aromatic amines is 1. The Kier molecular flexibility index (Phi) is 4.81. The number of methoxy groups -OCH3 is 1. The number of nitrogens with zero attached hydrogens (tertiary/aromatic N) is 4. The molecule has 0 unspecified atom stereocenters. The van der Waals surface area contributed by atoms with Crippen molar-refractivity contribution < 1.29 is 4.74 Å². The van der Waals surface area contributed by atoms with Crippen molar-refractivity contribution in [2.45, 2.75) is 6.54 Å². The molecular weight excluding hydrogens is 390 g/mol. The second-order valence-electron chi connectivity index (χ2n) is 7.17. The molecule has 0 radical (unpaired) electrons. The molecule has 0 aliphatic heterocycles. The largest absolute Gasteiger partial charge is 0.495 e. The fraction of sp³-hybridized carbons (Fsp3) is 0.0870. The highest BCUT2D eigenvalue weighted by molar-refractivity contribution is 5.95. The summed E-state index contributed by atoms with van der Waals surface area (Å²) in [5.41, 5.74) is 9.36. The predicted molar refractivity (Wildman–Crippen MR) is 120 cm³/mol. The molecule has 0 spiro atoms. The first-order valence-electron chi connectivity index (χ1n) is 9.79. The Balaban J connectivity index is 1.50. The second kappa shape index (κ2) is 7.92. The van der Waals surface area contributed by atoms with Gasteiger partial charge < -0.3 is 15.1 Å². The average molecular weight is 411 g/mol. The van der Waals surface area contributed by atoms with Crippen LogP contribution in [-0.4, -0.2) is 31.8 Å². The summed E-state index contributed by atoms with van der Waals surface area (Å²) in [7, 11) is 1.62. The minimum atomic E-state index is 0.667. The molecule has 0 fully saturated rings. The van der Waals surface area contributed by atoms with Crippen molar-refractivity contribution in [3.63, 3.8) is 0 Å². The summed E-state index contributed by atoms with van der Waals surface area (Å²) < 4.78 is 7.24. The first-order chi connectivity index (χ1) is 15.2. The third-order valence-corrected chi connectivity index (χ3v) is 5.23. The van der Waals surface area contributed by atoms with E-state index in [0.29, 0.717) is 18.0 Å². The number of hydrogen-bond donors (Lipinski definition) is 3. The van der Waals surface area contributed by atoms with Crippen molar-refractivity contribution in [3.05, 3.63) is 79.1 Å². The molecule has 5 aromatic rings. The maximum absolute atomic E-state index is 5.64. The van der Waals surface area contributed by atoms with Gasteiger partial charge in [-0.2, -0.15) is 5.10 Å². The van der Waals surface area contributed by atoms with Crippen LogP contribution in [-0.2, 0) is 6.54 Å². The van der Waals surface area contributed by atoms with Crippen LogP contribution in [0.15, 0.2) is 73.6 Å². The van der Waals surface area contributed by atoms with Gasteiger partial charge in [-0.3, -0.25) is 15.5 Å². The van der Waals surface area contributed by atoms with E-state index in [0.717, 1.165) is 38.9 Å². The number of hydrazine groups is 1. The second-order valence-corrected chi connectivity index (χ2v) is 7.17. The van der Waals surface area contributed by atoms with Gasteiger partial charge in [-0.05, 0) is 35.4 Å². The molecule has 0 aliphatic carbocycles. The molecule has 154 valence electrons. The lowest BCUT2D eigenvalue weighted by molar-refractivity contribution is 0.416. The van der Waals surface area contributed by atoms with E-state index in [1.807, 2.05) is 66.0 Å². The van der Waals surface area contributed by atoms with E-state index in [2.05, 4.69) is 31.5 Å². The number of ether oxygens (including phenoxy) is 1. The zero-order valence-electron chi connectivity index (χ0n) is 16.9. The highest BCUT2D eigenvalue weighted by Gasteiger charge is 2.12. The average Bonchev–Trinajstić information content (AvgIpc) is 3.45. The standard InChI is InChI=1S/C23H21N7O/c1-31-22-5-4-16(8-21(22)29-24)17-7-19-20(12-27-23(19)26-10-17)18-11-28-30(14-18)13-15-3-2-6-25-9-15/h2-12,14,29H,13,24H2,1H3,(H,26,27). The fourth-order valence-corrected chi connectivity index (χ4v) is 3.67. The van der Waals surface area contributed by atoms with Crippen LogP contribution in [0.4, 0.5) is 5.69 Å². The zero-order valence-corrected chi connectivity index (χ0v) is 16.9. The molecule has 0 aliphatic rings. The van der Waals surface area contributed by atoms with Gasteiger partial charge >= 0.3 is 0 Å². The summed E-state index contributed by atoms with van der Waals surface area (Å²) in [6.45, 7) is 0.667. The Labute approximate surface area is 178 Å². The van der Waals surface area contributed by atoms with E-state index < -0.39 is 0 Å². The molecule has 0 saturated carbocycles. The van der Waals surface area contributed by atoms with Crippen LogP contribution in [0.1, 0.15) is 5.56 Å². The molecule has 5 rings (SSSR count). The molecular formula is C23H21N7O. The lowest BCUT2D eigenvalue weighted by Crippen LogP contribution is -2.08. The molecule has 0 atom stereocenters. The van der Waals surface area contributed by atoms with Gasteiger partial charge in [0.15, 0.2) is 0 Å². The van der Waals surface area contributed by atoms with E-state index in [1.165, 1.54) is 0 Å². The topological polar surface area (TPSA) is 107 Å². The van der Waals surface area contributed by atoms with E-state index in [-0.39, 0.29) is 0 Å². The van der Waals surface area contributed by atoms with Gasteiger partial charge in [-0.15, -0.1) is 0 Å². The van der Waals surface area contributed by atoms with Gasteiger partial charge in [-0.25, -0.2) is 4.98 Å². The van der Waals surface area contributed by atoms with Gasteiger partial charge in [0.25, 0.3) is 0 Å². The number of aromatic nitrogens is 5. The van der Waals surface area contributed by atoms with Crippen LogP contribution in [0.3, 0.4) is 0 Å². The molecule has 8 nitrogen and oxygen atoms in total. The van der Waals surface area contributed by atoms with Crippen LogP contribution < -0.4 is 16.0 Å². The minimum Gasteiger partial charge on any atom is -0.495 e. The SMILES string of the molecule is COc1ccc(-c2cnc3[nH]cc(-c4cnn(Cc5cccnc5)c4)c3c2)cc1NN. The van der Waals surface area contributed by atoms with Gasteiger partial charge in [0, 0.05) is 53.1 Å². The molecule has 4 N–H and O–H groups in total. The number of rotatable bonds is 6. The number of H-pyrrole nitrogens is 1. The van der Waals surface area contributed by atoms with Crippen molar-refractivity contribution in [2.75, 3.05) is 12.5 Å². The Hall–Kier alpha value is -4.17. The molecule has 0 amide bonds. The first-order valence-corrected chi connectivity index (χ1v) is 9.79. The number of hydrogen-bond acceptors (Lipinski definition) is 6. The summed E-state index contributed by atoms with van der Waals surface area (Å²) in [5, 5.41) is 5.54. The molecule has 0 saturated heterocycles.